The first kappa shape index (κ1) is 28.9. The highest BCUT2D eigenvalue weighted by Gasteiger charge is 2.30. The molecule has 12 nitrogen and oxygen atoms in total. The molecule has 0 saturated heterocycles. The lowest BCUT2D eigenvalue weighted by Gasteiger charge is -2.24. The van der Waals surface area contributed by atoms with Gasteiger partial charge in [0.15, 0.2) is 6.10 Å². The van der Waals surface area contributed by atoms with Crippen molar-refractivity contribution in [3.05, 3.63) is 0 Å². The minimum absolute atomic E-state index is 0.0696. The Balaban J connectivity index is 4.29. The van der Waals surface area contributed by atoms with Crippen molar-refractivity contribution in [1.29, 1.82) is 0 Å². The zero-order valence-electron chi connectivity index (χ0n) is 18.2. The van der Waals surface area contributed by atoms with Gasteiger partial charge in [0, 0.05) is 0 Å². The number of ether oxygens (including phenoxy) is 1. The van der Waals surface area contributed by atoms with Gasteiger partial charge in [-0.2, -0.15) is 0 Å². The highest BCUT2D eigenvalue weighted by Crippen LogP contribution is 2.43. The number of nitrogens with one attached hydrogen (secondary N) is 1. The maximum atomic E-state index is 11.9. The molecular formula is C17H37N3O9P+. The molecule has 0 aromatic carbocycles. The van der Waals surface area contributed by atoms with Gasteiger partial charge in [-0.25, -0.2) is 4.57 Å². The van der Waals surface area contributed by atoms with Crippen LogP contribution in [0, 0.1) is 0 Å². The van der Waals surface area contributed by atoms with Crippen LogP contribution in [0.2, 0.25) is 0 Å². The zero-order valence-corrected chi connectivity index (χ0v) is 19.0. The van der Waals surface area contributed by atoms with Gasteiger partial charge in [-0.1, -0.05) is 19.8 Å². The van der Waals surface area contributed by atoms with Gasteiger partial charge < -0.3 is 35.4 Å². The number of unbranched alkanes of at least 4 members (excludes halogenated alkanes) is 2. The van der Waals surface area contributed by atoms with E-state index in [1.54, 1.807) is 0 Å². The second-order valence-corrected chi connectivity index (χ2v) is 9.32. The molecule has 6 N–H and O–H groups in total. The third-order valence-corrected chi connectivity index (χ3v) is 4.77. The maximum Gasteiger partial charge on any atom is 0.472 e. The fraction of sp³-hybridized carbons (Fsp3) is 0.882. The fourth-order valence-corrected chi connectivity index (χ4v) is 2.73. The van der Waals surface area contributed by atoms with Crippen LogP contribution in [-0.2, 0) is 27.9 Å². The molecule has 30 heavy (non-hydrogen) atoms. The first-order valence-electron chi connectivity index (χ1n) is 9.77. The molecule has 0 fully saturated rings. The largest absolute Gasteiger partial charge is 0.472 e. The van der Waals surface area contributed by atoms with Crippen molar-refractivity contribution in [2.45, 2.75) is 51.0 Å². The maximum absolute atomic E-state index is 11.9. The lowest BCUT2D eigenvalue weighted by molar-refractivity contribution is -0.870. The van der Waals surface area contributed by atoms with Gasteiger partial charge in [0.05, 0.1) is 46.9 Å². The predicted molar refractivity (Wildman–Crippen MR) is 108 cm³/mol. The summed E-state index contributed by atoms with van der Waals surface area (Å²) in [6.45, 7) is 1.79. The van der Waals surface area contributed by atoms with Crippen molar-refractivity contribution in [2.24, 2.45) is 5.73 Å². The third kappa shape index (κ3) is 14.8. The first-order chi connectivity index (χ1) is 13.8. The van der Waals surface area contributed by atoms with E-state index in [0.717, 1.165) is 19.3 Å². The molecule has 0 bridgehead atoms. The van der Waals surface area contributed by atoms with E-state index in [4.69, 9.17) is 15.0 Å². The molecule has 4 atom stereocenters. The molecule has 13 heteroatoms. The summed E-state index contributed by atoms with van der Waals surface area (Å²) in [5, 5.41) is 21.8. The molecule has 0 saturated carbocycles. The van der Waals surface area contributed by atoms with Crippen molar-refractivity contribution in [2.75, 3.05) is 47.5 Å². The molecule has 0 aliphatic rings. The number of aliphatic hydroxyl groups excluding tert-OH is 2. The van der Waals surface area contributed by atoms with Gasteiger partial charge >= 0.3 is 13.8 Å². The lowest BCUT2D eigenvalue weighted by Crippen LogP contribution is -2.51. The van der Waals surface area contributed by atoms with Crippen molar-refractivity contribution in [1.82, 2.24) is 5.32 Å². The highest BCUT2D eigenvalue weighted by molar-refractivity contribution is 7.47. The number of nitrogens with zero attached hydrogens (tertiary/aromatic N) is 1. The molecule has 0 aromatic rings. The van der Waals surface area contributed by atoms with Gasteiger partial charge in [-0.15, -0.1) is 0 Å². The Kier molecular flexibility index (Phi) is 13.5. The summed E-state index contributed by atoms with van der Waals surface area (Å²) in [6, 6.07) is 0. The van der Waals surface area contributed by atoms with E-state index in [2.05, 4.69) is 9.84 Å². The molecule has 0 aromatic heterocycles. The number of amides is 1. The number of nitrogens with two attached hydrogens (primary N) is 1. The molecule has 4 unspecified atom stereocenters. The number of likely N-dealkylation sites (N-methyl/N-ethyl adjacent to an activating group) is 1. The molecule has 0 rings (SSSR count). The summed E-state index contributed by atoms with van der Waals surface area (Å²) in [7, 11) is 1.13. The molecule has 178 valence electrons. The quantitative estimate of drug-likeness (QED) is 0.0638. The third-order valence-electron chi connectivity index (χ3n) is 3.78. The number of hydrogen-bond donors (Lipinski definition) is 5. The number of phosphoric ester groups is 1. The first-order valence-corrected chi connectivity index (χ1v) is 11.3. The SMILES string of the molecule is CCCCCOC(=O)CC(N)NC(=O)C(O)C(O)COP(=O)(O)OCC[N+](C)(C)C. The van der Waals surface area contributed by atoms with Crippen LogP contribution >= 0.6 is 7.82 Å². The number of carbonyl (C=O) groups is 2. The monoisotopic (exact) mass is 458 g/mol. The van der Waals surface area contributed by atoms with Gasteiger partial charge in [0.25, 0.3) is 5.91 Å². The number of quaternary nitrogens is 1. The molecule has 0 aliphatic heterocycles. The van der Waals surface area contributed by atoms with Crippen LogP contribution in [0.5, 0.6) is 0 Å². The summed E-state index contributed by atoms with van der Waals surface area (Å²) in [4.78, 5) is 33.1. The summed E-state index contributed by atoms with van der Waals surface area (Å²) >= 11 is 0. The molecule has 0 heterocycles. The molecule has 0 aliphatic carbocycles. The van der Waals surface area contributed by atoms with Gasteiger partial charge in [0.1, 0.15) is 19.3 Å². The van der Waals surface area contributed by atoms with Crippen molar-refractivity contribution < 1.29 is 47.5 Å². The average molecular weight is 458 g/mol. The minimum atomic E-state index is -4.46. The number of aliphatic hydroxyl groups is 2. The molecule has 0 radical (unpaired) electrons. The van der Waals surface area contributed by atoms with E-state index in [9.17, 15) is 29.3 Å². The second-order valence-electron chi connectivity index (χ2n) is 7.87. The number of rotatable bonds is 16. The fourth-order valence-electron chi connectivity index (χ4n) is 2.00. The highest BCUT2D eigenvalue weighted by atomic mass is 31.2. The van der Waals surface area contributed by atoms with Gasteiger partial charge in [-0.05, 0) is 6.42 Å². The van der Waals surface area contributed by atoms with Crippen molar-refractivity contribution in [3.8, 4) is 0 Å². The van der Waals surface area contributed by atoms with Crippen LogP contribution in [0.25, 0.3) is 0 Å². The number of hydrogen-bond acceptors (Lipinski definition) is 9. The molecular weight excluding hydrogens is 421 g/mol. The van der Waals surface area contributed by atoms with Gasteiger partial charge in [-0.3, -0.25) is 18.6 Å². The Morgan fingerprint density at radius 1 is 1.13 bits per heavy atom. The van der Waals surface area contributed by atoms with E-state index >= 15 is 0 Å². The Morgan fingerprint density at radius 3 is 2.33 bits per heavy atom. The Hall–Kier alpha value is -1.11. The van der Waals surface area contributed by atoms with E-state index < -0.39 is 44.7 Å². The average Bonchev–Trinajstić information content (AvgIpc) is 2.61. The van der Waals surface area contributed by atoms with Crippen LogP contribution in [-0.4, -0.2) is 97.3 Å². The summed E-state index contributed by atoms with van der Waals surface area (Å²) in [5.74, 6) is -1.68. The van der Waals surface area contributed by atoms with E-state index in [0.29, 0.717) is 11.0 Å². The number of esters is 1. The number of phosphoric acid groups is 1. The van der Waals surface area contributed by atoms with E-state index in [-0.39, 0.29) is 19.6 Å². The van der Waals surface area contributed by atoms with Crippen LogP contribution in [0.4, 0.5) is 0 Å². The smallest absolute Gasteiger partial charge is 0.466 e. The topological polar surface area (TPSA) is 178 Å². The summed E-state index contributed by atoms with van der Waals surface area (Å²) in [6.07, 6.45) is -2.65. The summed E-state index contributed by atoms with van der Waals surface area (Å²) < 4.78 is 26.6. The van der Waals surface area contributed by atoms with E-state index in [1.807, 2.05) is 28.1 Å². The Bertz CT molecular complexity index is 571. The van der Waals surface area contributed by atoms with Crippen molar-refractivity contribution >= 4 is 19.7 Å². The minimum Gasteiger partial charge on any atom is -0.466 e. The Labute approximate surface area is 177 Å². The van der Waals surface area contributed by atoms with Crippen LogP contribution < -0.4 is 11.1 Å². The molecule has 0 spiro atoms. The second kappa shape index (κ2) is 14.0. The predicted octanol–water partition coefficient (Wildman–Crippen LogP) is -0.927. The van der Waals surface area contributed by atoms with Gasteiger partial charge in [0.2, 0.25) is 0 Å². The lowest BCUT2D eigenvalue weighted by atomic mass is 10.2. The standard InChI is InChI=1S/C17H36N3O9P/c1-5-6-7-9-27-15(22)11-14(18)19-17(24)16(23)13(21)12-29-30(25,26)28-10-8-20(2,3)4/h13-14,16,21,23H,5-12,18H2,1-4H3,(H-,19,24,25,26)/p+1. The summed E-state index contributed by atoms with van der Waals surface area (Å²) in [5.41, 5.74) is 5.61. The Morgan fingerprint density at radius 2 is 1.77 bits per heavy atom. The van der Waals surface area contributed by atoms with Crippen molar-refractivity contribution in [3.63, 3.8) is 0 Å². The van der Waals surface area contributed by atoms with Crippen LogP contribution in [0.1, 0.15) is 32.6 Å². The van der Waals surface area contributed by atoms with E-state index in [1.165, 1.54) is 0 Å². The molecule has 1 amide bonds. The zero-order chi connectivity index (χ0) is 23.4. The van der Waals surface area contributed by atoms with Crippen LogP contribution in [0.15, 0.2) is 0 Å². The number of carbonyl (C=O) groups excluding carboxylic acids is 2. The normalized spacial score (nSPS) is 16.9. The van der Waals surface area contributed by atoms with Crippen LogP contribution in [0.3, 0.4) is 0 Å².